The van der Waals surface area contributed by atoms with Gasteiger partial charge in [0.2, 0.25) is 0 Å². The Morgan fingerprint density at radius 1 is 1.12 bits per heavy atom. The van der Waals surface area contributed by atoms with Crippen molar-refractivity contribution in [2.24, 2.45) is 0 Å². The summed E-state index contributed by atoms with van der Waals surface area (Å²) in [5.74, 6) is 0.0714. The summed E-state index contributed by atoms with van der Waals surface area (Å²) in [5, 5.41) is 25.7. The van der Waals surface area contributed by atoms with E-state index >= 15 is 0 Å². The maximum absolute atomic E-state index is 11.9. The van der Waals surface area contributed by atoms with E-state index in [2.05, 4.69) is 4.84 Å². The van der Waals surface area contributed by atoms with Crippen LogP contribution in [0.25, 0.3) is 6.08 Å². The first-order valence-corrected chi connectivity index (χ1v) is 7.61. The van der Waals surface area contributed by atoms with Gasteiger partial charge in [-0.25, -0.2) is 4.79 Å². The molecule has 3 N–H and O–H groups in total. The number of phenolic OH excluding ortho intramolecular Hbond substituents is 1. The molecule has 0 atom stereocenters. The Bertz CT molecular complexity index is 712. The fourth-order valence-corrected chi connectivity index (χ4v) is 2.09. The number of esters is 1. The minimum atomic E-state index is -0.509. The molecule has 2 aromatic rings. The van der Waals surface area contributed by atoms with Crippen molar-refractivity contribution in [2.75, 3.05) is 6.61 Å². The Hall–Kier alpha value is -2.71. The lowest BCUT2D eigenvalue weighted by Crippen LogP contribution is -2.15. The molecule has 132 valence electrons. The highest BCUT2D eigenvalue weighted by molar-refractivity contribution is 5.88. The van der Waals surface area contributed by atoms with Gasteiger partial charge in [-0.05, 0) is 54.3 Å². The van der Waals surface area contributed by atoms with Gasteiger partial charge in [0, 0.05) is 6.08 Å². The van der Waals surface area contributed by atoms with Crippen LogP contribution in [0.4, 0.5) is 0 Å². The fraction of sp³-hybridized carbons (Fsp3) is 0.167. The molecular weight excluding hydrogens is 326 g/mol. The van der Waals surface area contributed by atoms with Crippen LogP contribution in [0.15, 0.2) is 54.6 Å². The average molecular weight is 345 g/mol. The van der Waals surface area contributed by atoms with Crippen molar-refractivity contribution < 1.29 is 29.9 Å². The number of aryl methyl sites for hydroxylation is 1. The van der Waals surface area contributed by atoms with Crippen LogP contribution in [0.5, 0.6) is 11.5 Å². The van der Waals surface area contributed by atoms with Crippen LogP contribution in [-0.2, 0) is 16.1 Å². The van der Waals surface area contributed by atoms with Crippen LogP contribution in [0.2, 0.25) is 0 Å². The quantitative estimate of drug-likeness (QED) is 0.222. The highest BCUT2D eigenvalue weighted by Crippen LogP contribution is 2.16. The van der Waals surface area contributed by atoms with Crippen molar-refractivity contribution in [3.63, 3.8) is 0 Å². The molecule has 7 heteroatoms. The third-order valence-corrected chi connectivity index (χ3v) is 3.24. The predicted molar refractivity (Wildman–Crippen MR) is 88.9 cm³/mol. The number of carbonyl (C=O) groups is 1. The van der Waals surface area contributed by atoms with Gasteiger partial charge in [-0.2, -0.15) is 0 Å². The van der Waals surface area contributed by atoms with E-state index in [1.165, 1.54) is 18.2 Å². The Labute approximate surface area is 144 Å². The van der Waals surface area contributed by atoms with Gasteiger partial charge in [-0.1, -0.05) is 24.3 Å². The van der Waals surface area contributed by atoms with E-state index in [0.717, 1.165) is 11.1 Å². The van der Waals surface area contributed by atoms with Gasteiger partial charge in [0.05, 0.1) is 12.0 Å². The van der Waals surface area contributed by atoms with E-state index < -0.39 is 5.97 Å². The number of carbonyl (C=O) groups excluding carboxylic acids is 1. The summed E-state index contributed by atoms with van der Waals surface area (Å²) in [6, 6.07) is 13.5. The Morgan fingerprint density at radius 3 is 2.60 bits per heavy atom. The number of rotatable bonds is 8. The number of aromatic hydroxyl groups is 1. The van der Waals surface area contributed by atoms with Crippen molar-refractivity contribution in [1.82, 2.24) is 5.39 Å². The largest absolute Gasteiger partial charge is 0.508 e. The molecular formula is C18H19NO6. The number of hydrogen-bond donors (Lipinski definition) is 3. The molecule has 0 aliphatic heterocycles. The fourth-order valence-electron chi connectivity index (χ4n) is 2.09. The zero-order valence-electron chi connectivity index (χ0n) is 13.4. The zero-order chi connectivity index (χ0) is 18.1. The standard InChI is InChI=1S/C18H19NO6/c20-16-9-6-14(7-10-16)8-11-18(21)25-17-5-1-3-15(13-17)4-2-12-24-19(22)23/h1,3,5-11,13,20,22-23H,2,4,12H2/b11-8+. The molecule has 0 saturated heterocycles. The van der Waals surface area contributed by atoms with Crippen LogP contribution in [0.1, 0.15) is 17.5 Å². The van der Waals surface area contributed by atoms with Crippen LogP contribution >= 0.6 is 0 Å². The van der Waals surface area contributed by atoms with Gasteiger partial charge in [0.25, 0.3) is 0 Å². The first kappa shape index (κ1) is 18.6. The summed E-state index contributed by atoms with van der Waals surface area (Å²) >= 11 is 0. The molecule has 0 fully saturated rings. The highest BCUT2D eigenvalue weighted by atomic mass is 17.1. The number of hydrogen-bond acceptors (Lipinski definition) is 7. The number of phenols is 1. The Balaban J connectivity index is 1.85. The molecule has 0 amide bonds. The summed E-state index contributed by atoms with van der Waals surface area (Å²) < 4.78 is 5.25. The van der Waals surface area contributed by atoms with Crippen molar-refractivity contribution in [3.8, 4) is 11.5 Å². The molecule has 0 radical (unpaired) electrons. The first-order chi connectivity index (χ1) is 12.0. The Kier molecular flexibility index (Phi) is 7.12. The summed E-state index contributed by atoms with van der Waals surface area (Å²) in [6.45, 7) is 0.145. The first-order valence-electron chi connectivity index (χ1n) is 7.61. The molecule has 0 aliphatic carbocycles. The van der Waals surface area contributed by atoms with E-state index in [0.29, 0.717) is 18.6 Å². The minimum absolute atomic E-state index is 0.145. The van der Waals surface area contributed by atoms with Gasteiger partial charge in [0.1, 0.15) is 11.5 Å². The van der Waals surface area contributed by atoms with Crippen LogP contribution in [-0.4, -0.2) is 33.5 Å². The van der Waals surface area contributed by atoms with Crippen molar-refractivity contribution in [2.45, 2.75) is 12.8 Å². The molecule has 2 aromatic carbocycles. The molecule has 0 aromatic heterocycles. The normalized spacial score (nSPS) is 11.2. The smallest absolute Gasteiger partial charge is 0.336 e. The lowest BCUT2D eigenvalue weighted by atomic mass is 10.1. The van der Waals surface area contributed by atoms with Crippen molar-refractivity contribution in [1.29, 1.82) is 0 Å². The summed E-state index contributed by atoms with van der Waals surface area (Å²) in [4.78, 5) is 16.3. The van der Waals surface area contributed by atoms with Crippen LogP contribution in [0, 0.1) is 0 Å². The summed E-state index contributed by atoms with van der Waals surface area (Å²) in [6.07, 6.45) is 4.10. The second-order valence-corrected chi connectivity index (χ2v) is 5.18. The van der Waals surface area contributed by atoms with Gasteiger partial charge in [-0.3, -0.25) is 15.3 Å². The summed E-state index contributed by atoms with van der Waals surface area (Å²) in [7, 11) is 0. The second kappa shape index (κ2) is 9.55. The zero-order valence-corrected chi connectivity index (χ0v) is 13.4. The predicted octanol–water partition coefficient (Wildman–Crippen LogP) is 2.96. The number of nitrogens with zero attached hydrogens (tertiary/aromatic N) is 1. The van der Waals surface area contributed by atoms with E-state index in [1.807, 2.05) is 6.07 Å². The molecule has 2 rings (SSSR count). The summed E-state index contributed by atoms with van der Waals surface area (Å²) in [5.41, 5.74) is 1.70. The second-order valence-electron chi connectivity index (χ2n) is 5.18. The van der Waals surface area contributed by atoms with Crippen LogP contribution in [0.3, 0.4) is 0 Å². The molecule has 0 unspecified atom stereocenters. The molecule has 7 nitrogen and oxygen atoms in total. The molecule has 0 aliphatic rings. The van der Waals surface area contributed by atoms with E-state index in [1.54, 1.807) is 36.4 Å². The molecule has 0 saturated carbocycles. The molecule has 25 heavy (non-hydrogen) atoms. The number of ether oxygens (including phenoxy) is 1. The Morgan fingerprint density at radius 2 is 1.88 bits per heavy atom. The highest BCUT2D eigenvalue weighted by Gasteiger charge is 2.03. The molecule has 0 bridgehead atoms. The lowest BCUT2D eigenvalue weighted by Gasteiger charge is -2.07. The molecule has 0 heterocycles. The maximum Gasteiger partial charge on any atom is 0.336 e. The topological polar surface area (TPSA) is 99.5 Å². The monoisotopic (exact) mass is 345 g/mol. The minimum Gasteiger partial charge on any atom is -0.508 e. The van der Waals surface area contributed by atoms with Gasteiger partial charge in [0.15, 0.2) is 0 Å². The maximum atomic E-state index is 11.9. The van der Waals surface area contributed by atoms with E-state index in [4.69, 9.17) is 15.2 Å². The van der Waals surface area contributed by atoms with Crippen molar-refractivity contribution >= 4 is 12.0 Å². The van der Waals surface area contributed by atoms with E-state index in [9.17, 15) is 9.90 Å². The van der Waals surface area contributed by atoms with Crippen molar-refractivity contribution in [3.05, 3.63) is 65.7 Å². The van der Waals surface area contributed by atoms with Gasteiger partial charge < -0.3 is 9.84 Å². The number of benzene rings is 2. The average Bonchev–Trinajstić information content (AvgIpc) is 2.58. The van der Waals surface area contributed by atoms with Gasteiger partial charge >= 0.3 is 5.97 Å². The van der Waals surface area contributed by atoms with Crippen LogP contribution < -0.4 is 4.74 Å². The van der Waals surface area contributed by atoms with E-state index in [-0.39, 0.29) is 17.7 Å². The third kappa shape index (κ3) is 7.15. The molecule has 0 spiro atoms. The lowest BCUT2D eigenvalue weighted by molar-refractivity contribution is -0.492. The SMILES string of the molecule is O=C(/C=C/c1ccc(O)cc1)Oc1cccc(CCCON(O)O)c1. The van der Waals surface area contributed by atoms with Gasteiger partial charge in [-0.15, -0.1) is 0 Å². The third-order valence-electron chi connectivity index (χ3n) is 3.24.